The fourth-order valence-corrected chi connectivity index (χ4v) is 1.94. The van der Waals surface area contributed by atoms with Gasteiger partial charge in [-0.15, -0.1) is 0 Å². The molecule has 0 aliphatic rings. The Morgan fingerprint density at radius 1 is 0.962 bits per heavy atom. The SMILES string of the molecule is N#Cc1ccc(N(CCOCC(F)(F)F)CC(F)(F)F)cc1C(F)(F)F. The van der Waals surface area contributed by atoms with Crippen LogP contribution in [0.2, 0.25) is 0 Å². The van der Waals surface area contributed by atoms with Crippen molar-refractivity contribution < 1.29 is 44.3 Å². The van der Waals surface area contributed by atoms with Crippen LogP contribution in [0.4, 0.5) is 45.2 Å². The molecule has 0 N–H and O–H groups in total. The van der Waals surface area contributed by atoms with E-state index in [9.17, 15) is 39.5 Å². The largest absolute Gasteiger partial charge is 0.417 e. The molecule has 0 unspecified atom stereocenters. The molecule has 0 aliphatic carbocycles. The quantitative estimate of drug-likeness (QED) is 0.526. The first kappa shape index (κ1) is 21.9. The van der Waals surface area contributed by atoms with Gasteiger partial charge in [0.15, 0.2) is 0 Å². The second kappa shape index (κ2) is 8.03. The summed E-state index contributed by atoms with van der Waals surface area (Å²) in [6.45, 7) is -4.94. The molecule has 0 heterocycles. The Hall–Kier alpha value is -2.16. The summed E-state index contributed by atoms with van der Waals surface area (Å²) in [5.41, 5.74) is -2.79. The molecular weight excluding hydrogens is 383 g/mol. The van der Waals surface area contributed by atoms with Crippen LogP contribution in [0.3, 0.4) is 0 Å². The maximum atomic E-state index is 12.9. The van der Waals surface area contributed by atoms with Crippen molar-refractivity contribution in [1.82, 2.24) is 0 Å². The number of hydrogen-bond donors (Lipinski definition) is 0. The van der Waals surface area contributed by atoms with E-state index >= 15 is 0 Å². The monoisotopic (exact) mass is 394 g/mol. The van der Waals surface area contributed by atoms with Gasteiger partial charge >= 0.3 is 18.5 Å². The first-order valence-electron chi connectivity index (χ1n) is 6.80. The van der Waals surface area contributed by atoms with Gasteiger partial charge in [-0.1, -0.05) is 0 Å². The first-order chi connectivity index (χ1) is 11.7. The lowest BCUT2D eigenvalue weighted by molar-refractivity contribution is -0.173. The fourth-order valence-electron chi connectivity index (χ4n) is 1.94. The van der Waals surface area contributed by atoms with Crippen LogP contribution in [-0.4, -0.2) is 38.7 Å². The Balaban J connectivity index is 3.05. The Bertz CT molecular complexity index is 644. The minimum atomic E-state index is -4.99. The third kappa shape index (κ3) is 7.38. The van der Waals surface area contributed by atoms with Gasteiger partial charge in [-0.2, -0.15) is 44.8 Å². The van der Waals surface area contributed by atoms with Crippen LogP contribution >= 0.6 is 0 Å². The number of halogens is 9. The maximum absolute atomic E-state index is 12.9. The van der Waals surface area contributed by atoms with Gasteiger partial charge in [-0.05, 0) is 18.2 Å². The molecule has 0 fully saturated rings. The van der Waals surface area contributed by atoms with Gasteiger partial charge in [0, 0.05) is 12.2 Å². The summed E-state index contributed by atoms with van der Waals surface area (Å²) in [4.78, 5) is 0.396. The lowest BCUT2D eigenvalue weighted by Crippen LogP contribution is -2.37. The van der Waals surface area contributed by atoms with Crippen LogP contribution in [0.1, 0.15) is 11.1 Å². The zero-order chi connectivity index (χ0) is 20.2. The highest BCUT2D eigenvalue weighted by molar-refractivity contribution is 5.55. The van der Waals surface area contributed by atoms with E-state index in [0.717, 1.165) is 6.07 Å². The summed E-state index contributed by atoms with van der Waals surface area (Å²) >= 11 is 0. The molecule has 0 aromatic heterocycles. The van der Waals surface area contributed by atoms with Gasteiger partial charge in [0.05, 0.1) is 23.8 Å². The summed E-state index contributed by atoms with van der Waals surface area (Å²) in [5.74, 6) is 0. The van der Waals surface area contributed by atoms with Crippen molar-refractivity contribution in [2.24, 2.45) is 0 Å². The van der Waals surface area contributed by atoms with Crippen molar-refractivity contribution in [3.8, 4) is 6.07 Å². The highest BCUT2D eigenvalue weighted by Crippen LogP contribution is 2.35. The van der Waals surface area contributed by atoms with Crippen molar-refractivity contribution in [3.63, 3.8) is 0 Å². The average molecular weight is 394 g/mol. The number of rotatable bonds is 6. The van der Waals surface area contributed by atoms with Crippen LogP contribution in [0.5, 0.6) is 0 Å². The number of benzene rings is 1. The summed E-state index contributed by atoms with van der Waals surface area (Å²) in [6.07, 6.45) is -14.5. The van der Waals surface area contributed by atoms with Crippen LogP contribution in [-0.2, 0) is 10.9 Å². The standard InChI is InChI=1S/C14H11F9N2O/c15-12(16,17)7-25(3-4-26-8-13(18,19)20)10-2-1-9(6-24)11(5-10)14(21,22)23/h1-2,5H,3-4,7-8H2. The lowest BCUT2D eigenvalue weighted by Gasteiger charge is -2.27. The van der Waals surface area contributed by atoms with Crippen molar-refractivity contribution in [1.29, 1.82) is 5.26 Å². The molecule has 1 aromatic rings. The van der Waals surface area contributed by atoms with Crippen molar-refractivity contribution in [2.45, 2.75) is 18.5 Å². The molecule has 12 heteroatoms. The molecule has 26 heavy (non-hydrogen) atoms. The normalized spacial score (nSPS) is 12.8. The molecule has 0 aliphatic heterocycles. The molecular formula is C14H11F9N2O. The van der Waals surface area contributed by atoms with Gasteiger partial charge < -0.3 is 9.64 Å². The number of nitriles is 1. The Morgan fingerprint density at radius 3 is 2.04 bits per heavy atom. The van der Waals surface area contributed by atoms with Crippen LogP contribution in [0.15, 0.2) is 18.2 Å². The first-order valence-corrected chi connectivity index (χ1v) is 6.80. The van der Waals surface area contributed by atoms with Crippen molar-refractivity contribution >= 4 is 5.69 Å². The predicted molar refractivity (Wildman–Crippen MR) is 71.3 cm³/mol. The molecule has 0 radical (unpaired) electrons. The van der Waals surface area contributed by atoms with Crippen LogP contribution < -0.4 is 4.90 Å². The van der Waals surface area contributed by atoms with E-state index in [4.69, 9.17) is 5.26 Å². The molecule has 0 amide bonds. The zero-order valence-corrected chi connectivity index (χ0v) is 12.8. The number of ether oxygens (including phenoxy) is 1. The van der Waals surface area contributed by atoms with Gasteiger partial charge in [-0.3, -0.25) is 0 Å². The van der Waals surface area contributed by atoms with Gasteiger partial charge in [0.25, 0.3) is 0 Å². The van der Waals surface area contributed by atoms with Gasteiger partial charge in [0.2, 0.25) is 0 Å². The summed E-state index contributed by atoms with van der Waals surface area (Å²) in [5, 5.41) is 8.68. The topological polar surface area (TPSA) is 36.3 Å². The van der Waals surface area contributed by atoms with E-state index in [-0.39, 0.29) is 0 Å². The Labute approximate surface area is 141 Å². The van der Waals surface area contributed by atoms with E-state index in [1.807, 2.05) is 0 Å². The van der Waals surface area contributed by atoms with Crippen LogP contribution in [0, 0.1) is 11.3 Å². The number of nitrogens with zero attached hydrogens (tertiary/aromatic N) is 2. The molecule has 0 atom stereocenters. The Kier molecular flexibility index (Phi) is 6.76. The van der Waals surface area contributed by atoms with Gasteiger partial charge in [-0.25, -0.2) is 0 Å². The molecule has 1 aromatic carbocycles. The van der Waals surface area contributed by atoms with E-state index in [0.29, 0.717) is 17.0 Å². The minimum Gasteiger partial charge on any atom is -0.370 e. The smallest absolute Gasteiger partial charge is 0.370 e. The van der Waals surface area contributed by atoms with E-state index in [1.54, 1.807) is 0 Å². The Morgan fingerprint density at radius 2 is 1.58 bits per heavy atom. The number of hydrogen-bond acceptors (Lipinski definition) is 3. The molecule has 3 nitrogen and oxygen atoms in total. The third-order valence-corrected chi connectivity index (χ3v) is 2.94. The molecule has 0 bridgehead atoms. The zero-order valence-electron chi connectivity index (χ0n) is 12.8. The van der Waals surface area contributed by atoms with Crippen LogP contribution in [0.25, 0.3) is 0 Å². The number of alkyl halides is 9. The molecule has 0 saturated heterocycles. The second-order valence-corrected chi connectivity index (χ2v) is 5.04. The third-order valence-electron chi connectivity index (χ3n) is 2.94. The average Bonchev–Trinajstić information content (AvgIpc) is 2.46. The molecule has 146 valence electrons. The van der Waals surface area contributed by atoms with E-state index < -0.39 is 61.6 Å². The summed E-state index contributed by atoms with van der Waals surface area (Å²) in [6, 6.07) is 3.16. The van der Waals surface area contributed by atoms with Crippen molar-refractivity contribution in [3.05, 3.63) is 29.3 Å². The second-order valence-electron chi connectivity index (χ2n) is 5.04. The fraction of sp³-hybridized carbons (Fsp3) is 0.500. The summed E-state index contributed by atoms with van der Waals surface area (Å²) < 4.78 is 117. The van der Waals surface area contributed by atoms with E-state index in [2.05, 4.69) is 4.74 Å². The maximum Gasteiger partial charge on any atom is 0.417 e. The predicted octanol–water partition coefficient (Wildman–Crippen LogP) is 4.52. The minimum absolute atomic E-state index is 0.341. The lowest BCUT2D eigenvalue weighted by atomic mass is 10.1. The molecule has 0 saturated carbocycles. The van der Waals surface area contributed by atoms with Crippen molar-refractivity contribution in [2.75, 3.05) is 31.2 Å². The van der Waals surface area contributed by atoms with Gasteiger partial charge in [0.1, 0.15) is 13.2 Å². The highest BCUT2D eigenvalue weighted by atomic mass is 19.4. The number of anilines is 1. The highest BCUT2D eigenvalue weighted by Gasteiger charge is 2.36. The molecule has 1 rings (SSSR count). The molecule has 0 spiro atoms. The summed E-state index contributed by atoms with van der Waals surface area (Å²) in [7, 11) is 0. The van der Waals surface area contributed by atoms with E-state index in [1.165, 1.54) is 6.07 Å².